The summed E-state index contributed by atoms with van der Waals surface area (Å²) in [7, 11) is -4.28. The zero-order chi connectivity index (χ0) is 22.7. The normalized spacial score (nSPS) is 11.9. The van der Waals surface area contributed by atoms with Crippen molar-refractivity contribution >= 4 is 37.1 Å². The van der Waals surface area contributed by atoms with Crippen molar-refractivity contribution < 1.29 is 26.5 Å². The molecule has 0 aliphatic rings. The number of methoxy groups -OCH3 is 1. The predicted molar refractivity (Wildman–Crippen MR) is 112 cm³/mol. The number of hydrogen-bond acceptors (Lipinski definition) is 8. The third-order valence-corrected chi connectivity index (χ3v) is 7.26. The molecule has 0 aromatic heterocycles. The summed E-state index contributed by atoms with van der Waals surface area (Å²) in [6.07, 6.45) is 0. The van der Waals surface area contributed by atoms with Crippen molar-refractivity contribution in [2.45, 2.75) is 16.7 Å². The molecular formula is C17H22N4O7S2. The molecule has 164 valence electrons. The van der Waals surface area contributed by atoms with Gasteiger partial charge in [0.05, 0.1) is 34.4 Å². The van der Waals surface area contributed by atoms with Crippen LogP contribution in [-0.2, 0) is 20.0 Å². The summed E-state index contributed by atoms with van der Waals surface area (Å²) in [6, 6.07) is 7.22. The Hall–Kier alpha value is -2.90. The van der Waals surface area contributed by atoms with Crippen molar-refractivity contribution in [2.24, 2.45) is 0 Å². The number of nitrogens with one attached hydrogen (secondary N) is 2. The first kappa shape index (κ1) is 23.4. The standard InChI is InChI=1S/C17H22N4O7S2/c1-5-18-14-8-7-13(30(26,27)20(2)3)11-15(14)19-29(24,25)17-9-6-12(28-4)10-16(17)21(22)23/h6-11,18-19H,5H2,1-4H3. The van der Waals surface area contributed by atoms with Gasteiger partial charge in [-0.2, -0.15) is 0 Å². The van der Waals surface area contributed by atoms with Gasteiger partial charge in [-0.15, -0.1) is 0 Å². The van der Waals surface area contributed by atoms with Crippen molar-refractivity contribution in [3.8, 4) is 5.75 Å². The first-order chi connectivity index (χ1) is 13.9. The minimum atomic E-state index is -4.43. The Labute approximate surface area is 174 Å². The predicted octanol–water partition coefficient (Wildman–Crippen LogP) is 2.09. The smallest absolute Gasteiger partial charge is 0.293 e. The Balaban J connectivity index is 2.61. The Bertz CT molecular complexity index is 1160. The topological polar surface area (TPSA) is 148 Å². The monoisotopic (exact) mass is 458 g/mol. The summed E-state index contributed by atoms with van der Waals surface area (Å²) >= 11 is 0. The van der Waals surface area contributed by atoms with Gasteiger partial charge in [0.1, 0.15) is 5.75 Å². The van der Waals surface area contributed by atoms with Crippen LogP contribution in [0.5, 0.6) is 5.75 Å². The van der Waals surface area contributed by atoms with E-state index in [-0.39, 0.29) is 16.3 Å². The van der Waals surface area contributed by atoms with Gasteiger partial charge in [-0.3, -0.25) is 14.8 Å². The number of nitrogens with zero attached hydrogens (tertiary/aromatic N) is 2. The molecule has 2 aromatic carbocycles. The van der Waals surface area contributed by atoms with Crippen molar-refractivity contribution in [1.29, 1.82) is 0 Å². The zero-order valence-electron chi connectivity index (χ0n) is 16.7. The van der Waals surface area contributed by atoms with Gasteiger partial charge in [0.25, 0.3) is 15.7 Å². The number of nitro benzene ring substituents is 1. The third kappa shape index (κ3) is 4.80. The van der Waals surface area contributed by atoms with E-state index in [0.717, 1.165) is 22.5 Å². The number of ether oxygens (including phenoxy) is 1. The zero-order valence-corrected chi connectivity index (χ0v) is 18.4. The van der Waals surface area contributed by atoms with E-state index in [2.05, 4.69) is 10.0 Å². The highest BCUT2D eigenvalue weighted by Gasteiger charge is 2.28. The Kier molecular flexibility index (Phi) is 6.90. The van der Waals surface area contributed by atoms with Crippen molar-refractivity contribution in [3.63, 3.8) is 0 Å². The molecule has 0 aliphatic carbocycles. The second kappa shape index (κ2) is 8.85. The summed E-state index contributed by atoms with van der Waals surface area (Å²) in [5, 5.41) is 14.3. The van der Waals surface area contributed by atoms with Crippen LogP contribution in [0.1, 0.15) is 6.92 Å². The van der Waals surface area contributed by atoms with E-state index in [4.69, 9.17) is 4.74 Å². The van der Waals surface area contributed by atoms with E-state index >= 15 is 0 Å². The van der Waals surface area contributed by atoms with Gasteiger partial charge in [0.15, 0.2) is 4.90 Å². The van der Waals surface area contributed by atoms with Crippen LogP contribution >= 0.6 is 0 Å². The van der Waals surface area contributed by atoms with E-state index in [1.165, 1.54) is 39.4 Å². The molecule has 0 fully saturated rings. The van der Waals surface area contributed by atoms with E-state index < -0.39 is 35.6 Å². The lowest BCUT2D eigenvalue weighted by Crippen LogP contribution is -2.23. The maximum Gasteiger partial charge on any atom is 0.293 e. The molecule has 2 rings (SSSR count). The van der Waals surface area contributed by atoms with Crippen LogP contribution < -0.4 is 14.8 Å². The van der Waals surface area contributed by atoms with Crippen LogP contribution in [-0.4, -0.2) is 53.8 Å². The third-order valence-electron chi connectivity index (χ3n) is 4.03. The molecule has 0 aliphatic heterocycles. The first-order valence-electron chi connectivity index (χ1n) is 8.59. The van der Waals surface area contributed by atoms with E-state index in [0.29, 0.717) is 12.2 Å². The fourth-order valence-corrected chi connectivity index (χ4v) is 4.67. The number of nitro groups is 1. The molecule has 0 radical (unpaired) electrons. The van der Waals surface area contributed by atoms with Crippen LogP contribution in [0.4, 0.5) is 17.1 Å². The first-order valence-corrected chi connectivity index (χ1v) is 11.5. The molecule has 2 aromatic rings. The molecular weight excluding hydrogens is 436 g/mol. The Morgan fingerprint density at radius 3 is 2.27 bits per heavy atom. The van der Waals surface area contributed by atoms with Crippen LogP contribution in [0.3, 0.4) is 0 Å². The number of sulfonamides is 2. The number of benzene rings is 2. The van der Waals surface area contributed by atoms with Gasteiger partial charge in [0.2, 0.25) is 10.0 Å². The van der Waals surface area contributed by atoms with Crippen molar-refractivity contribution in [3.05, 3.63) is 46.5 Å². The minimum absolute atomic E-state index is 0.0649. The number of anilines is 2. The average molecular weight is 459 g/mol. The van der Waals surface area contributed by atoms with E-state index in [1.807, 2.05) is 0 Å². The highest BCUT2D eigenvalue weighted by molar-refractivity contribution is 7.93. The number of hydrogen-bond donors (Lipinski definition) is 2. The van der Waals surface area contributed by atoms with Gasteiger partial charge < -0.3 is 10.1 Å². The fraction of sp³-hybridized carbons (Fsp3) is 0.294. The van der Waals surface area contributed by atoms with Crippen molar-refractivity contribution in [2.75, 3.05) is 37.8 Å². The molecule has 0 bridgehead atoms. The van der Waals surface area contributed by atoms with Gasteiger partial charge in [-0.25, -0.2) is 21.1 Å². The van der Waals surface area contributed by atoms with Crippen LogP contribution in [0, 0.1) is 10.1 Å². The molecule has 0 amide bonds. The summed E-state index contributed by atoms with van der Waals surface area (Å²) in [5.41, 5.74) is -0.427. The maximum atomic E-state index is 12.9. The SMILES string of the molecule is CCNc1ccc(S(=O)(=O)N(C)C)cc1NS(=O)(=O)c1ccc(OC)cc1[N+](=O)[O-]. The summed E-state index contributed by atoms with van der Waals surface area (Å²) < 4.78 is 58.9. The maximum absolute atomic E-state index is 12.9. The van der Waals surface area contributed by atoms with Crippen LogP contribution in [0.25, 0.3) is 0 Å². The molecule has 2 N–H and O–H groups in total. The molecule has 0 spiro atoms. The molecule has 0 heterocycles. The van der Waals surface area contributed by atoms with Crippen LogP contribution in [0.15, 0.2) is 46.2 Å². The van der Waals surface area contributed by atoms with Gasteiger partial charge in [-0.05, 0) is 37.3 Å². The largest absolute Gasteiger partial charge is 0.497 e. The molecule has 11 nitrogen and oxygen atoms in total. The summed E-state index contributed by atoms with van der Waals surface area (Å²) in [4.78, 5) is 9.81. The van der Waals surface area contributed by atoms with E-state index in [1.54, 1.807) is 6.92 Å². The molecule has 0 unspecified atom stereocenters. The lowest BCUT2D eigenvalue weighted by molar-refractivity contribution is -0.387. The summed E-state index contributed by atoms with van der Waals surface area (Å²) in [5.74, 6) is 0.119. The molecule has 0 atom stereocenters. The highest BCUT2D eigenvalue weighted by atomic mass is 32.2. The quantitative estimate of drug-likeness (QED) is 0.429. The second-order valence-corrected chi connectivity index (χ2v) is 10.0. The number of rotatable bonds is 9. The van der Waals surface area contributed by atoms with Gasteiger partial charge >= 0.3 is 0 Å². The van der Waals surface area contributed by atoms with Crippen molar-refractivity contribution in [1.82, 2.24) is 4.31 Å². The Morgan fingerprint density at radius 2 is 1.73 bits per heavy atom. The summed E-state index contributed by atoms with van der Waals surface area (Å²) in [6.45, 7) is 2.20. The Morgan fingerprint density at radius 1 is 1.07 bits per heavy atom. The van der Waals surface area contributed by atoms with E-state index in [9.17, 15) is 26.9 Å². The average Bonchev–Trinajstić information content (AvgIpc) is 2.68. The minimum Gasteiger partial charge on any atom is -0.497 e. The van der Waals surface area contributed by atoms with Gasteiger partial charge in [-0.1, -0.05) is 0 Å². The van der Waals surface area contributed by atoms with Gasteiger partial charge in [0, 0.05) is 20.6 Å². The lowest BCUT2D eigenvalue weighted by atomic mass is 10.2. The van der Waals surface area contributed by atoms with Crippen LogP contribution in [0.2, 0.25) is 0 Å². The second-order valence-electron chi connectivity index (χ2n) is 6.22. The molecule has 0 saturated carbocycles. The lowest BCUT2D eigenvalue weighted by Gasteiger charge is -2.17. The molecule has 0 saturated heterocycles. The molecule has 13 heteroatoms. The fourth-order valence-electron chi connectivity index (χ4n) is 2.52. The highest BCUT2D eigenvalue weighted by Crippen LogP contribution is 2.33. The molecule has 30 heavy (non-hydrogen) atoms.